The summed E-state index contributed by atoms with van der Waals surface area (Å²) in [4.78, 5) is 10.2. The Morgan fingerprint density at radius 2 is 2.33 bits per heavy atom. The van der Waals surface area contributed by atoms with Gasteiger partial charge < -0.3 is 9.90 Å². The quantitative estimate of drug-likeness (QED) is 0.590. The molecule has 2 nitrogen and oxygen atoms in total. The third kappa shape index (κ3) is 2.18. The number of thiophene rings is 1. The van der Waals surface area contributed by atoms with E-state index in [2.05, 4.69) is 0 Å². The second-order valence-corrected chi connectivity index (χ2v) is 2.21. The number of hydrogen-bond donors (Lipinski definition) is 0. The Morgan fingerprint density at radius 1 is 1.67 bits per heavy atom. The SMILES string of the molecule is O=C([O-])c1cccs1.[Cu]. The van der Waals surface area contributed by atoms with Gasteiger partial charge in [0.25, 0.3) is 0 Å². The molecule has 0 atom stereocenters. The first-order valence-electron chi connectivity index (χ1n) is 2.05. The maximum Gasteiger partial charge on any atom is 0.0815 e. The molecule has 0 aliphatic heterocycles. The predicted molar refractivity (Wildman–Crippen MR) is 28.6 cm³/mol. The molecule has 1 aromatic rings. The summed E-state index contributed by atoms with van der Waals surface area (Å²) in [5.74, 6) is -1.10. The fourth-order valence-corrected chi connectivity index (χ4v) is 0.952. The van der Waals surface area contributed by atoms with Crippen LogP contribution in [0.25, 0.3) is 0 Å². The van der Waals surface area contributed by atoms with Crippen molar-refractivity contribution in [2.24, 2.45) is 0 Å². The average molecular weight is 191 g/mol. The number of carbonyl (C=O) groups is 1. The smallest absolute Gasteiger partial charge is 0.0815 e. The van der Waals surface area contributed by atoms with E-state index in [4.69, 9.17) is 0 Å². The van der Waals surface area contributed by atoms with Crippen molar-refractivity contribution in [3.8, 4) is 0 Å². The van der Waals surface area contributed by atoms with Gasteiger partial charge in [0.15, 0.2) is 0 Å². The summed E-state index contributed by atoms with van der Waals surface area (Å²) < 4.78 is 0. The minimum Gasteiger partial charge on any atom is -0.544 e. The summed E-state index contributed by atoms with van der Waals surface area (Å²) in [7, 11) is 0. The fourth-order valence-electron chi connectivity index (χ4n) is 0.395. The van der Waals surface area contributed by atoms with Crippen molar-refractivity contribution in [3.05, 3.63) is 22.4 Å². The van der Waals surface area contributed by atoms with Crippen LogP contribution in [0.15, 0.2) is 17.5 Å². The summed E-state index contributed by atoms with van der Waals surface area (Å²) in [5.41, 5.74) is 0. The molecular formula is C5H3CuO2S-. The standard InChI is InChI=1S/C5H4O2S.Cu/c6-5(7)4-2-1-3-8-4;/h1-3H,(H,6,7);/p-1. The number of rotatable bonds is 1. The van der Waals surface area contributed by atoms with E-state index in [1.54, 1.807) is 11.4 Å². The Balaban J connectivity index is 0.000000640. The van der Waals surface area contributed by atoms with Gasteiger partial charge in [-0.05, 0) is 11.4 Å². The Hall–Kier alpha value is -0.311. The van der Waals surface area contributed by atoms with E-state index in [1.165, 1.54) is 17.4 Å². The molecule has 0 aliphatic carbocycles. The van der Waals surface area contributed by atoms with Crippen molar-refractivity contribution >= 4 is 17.3 Å². The van der Waals surface area contributed by atoms with E-state index in [0.29, 0.717) is 0 Å². The van der Waals surface area contributed by atoms with Gasteiger partial charge in [0.05, 0.1) is 5.97 Å². The Labute approximate surface area is 67.0 Å². The molecule has 0 unspecified atom stereocenters. The molecule has 0 saturated carbocycles. The van der Waals surface area contributed by atoms with Crippen LogP contribution in [0.2, 0.25) is 0 Å². The topological polar surface area (TPSA) is 40.1 Å². The molecule has 1 rings (SSSR count). The molecule has 9 heavy (non-hydrogen) atoms. The van der Waals surface area contributed by atoms with Crippen LogP contribution in [0.4, 0.5) is 0 Å². The minimum atomic E-state index is -1.10. The molecule has 0 aromatic carbocycles. The number of carboxylic acid groups (broad SMARTS) is 1. The van der Waals surface area contributed by atoms with Crippen molar-refractivity contribution < 1.29 is 27.0 Å². The molecule has 53 valence electrons. The summed E-state index contributed by atoms with van der Waals surface area (Å²) in [6.45, 7) is 0. The zero-order chi connectivity index (χ0) is 5.98. The summed E-state index contributed by atoms with van der Waals surface area (Å²) in [5, 5.41) is 11.7. The van der Waals surface area contributed by atoms with Crippen molar-refractivity contribution in [1.82, 2.24) is 0 Å². The van der Waals surface area contributed by atoms with Gasteiger partial charge in [-0.1, -0.05) is 6.07 Å². The first kappa shape index (κ1) is 8.69. The van der Waals surface area contributed by atoms with E-state index < -0.39 is 5.97 Å². The molecular weight excluding hydrogens is 188 g/mol. The molecule has 0 amide bonds. The number of aromatic carboxylic acids is 1. The van der Waals surface area contributed by atoms with Crippen LogP contribution >= 0.6 is 11.3 Å². The van der Waals surface area contributed by atoms with E-state index in [-0.39, 0.29) is 21.9 Å². The monoisotopic (exact) mass is 190 g/mol. The molecule has 0 spiro atoms. The minimum absolute atomic E-state index is 0. The van der Waals surface area contributed by atoms with Gasteiger partial charge in [-0.2, -0.15) is 0 Å². The van der Waals surface area contributed by atoms with Gasteiger partial charge in [0.2, 0.25) is 0 Å². The van der Waals surface area contributed by atoms with Crippen LogP contribution < -0.4 is 5.11 Å². The number of carbonyl (C=O) groups excluding carboxylic acids is 1. The maximum absolute atomic E-state index is 9.96. The Morgan fingerprint density at radius 3 is 2.56 bits per heavy atom. The molecule has 1 aromatic heterocycles. The van der Waals surface area contributed by atoms with Gasteiger partial charge in [-0.3, -0.25) is 0 Å². The largest absolute Gasteiger partial charge is 0.544 e. The van der Waals surface area contributed by atoms with Crippen molar-refractivity contribution in [2.75, 3.05) is 0 Å². The maximum atomic E-state index is 9.96. The molecule has 1 heterocycles. The summed E-state index contributed by atoms with van der Waals surface area (Å²) in [6, 6.07) is 3.19. The Kier molecular flexibility index (Phi) is 3.54. The third-order valence-electron chi connectivity index (χ3n) is 0.722. The van der Waals surface area contributed by atoms with Crippen LogP contribution in [-0.2, 0) is 17.1 Å². The second kappa shape index (κ2) is 3.67. The van der Waals surface area contributed by atoms with Gasteiger partial charge >= 0.3 is 0 Å². The zero-order valence-corrected chi connectivity index (χ0v) is 6.02. The third-order valence-corrected chi connectivity index (χ3v) is 1.57. The first-order valence-corrected chi connectivity index (χ1v) is 2.93. The summed E-state index contributed by atoms with van der Waals surface area (Å²) >= 11 is 1.17. The van der Waals surface area contributed by atoms with Crippen molar-refractivity contribution in [3.63, 3.8) is 0 Å². The van der Waals surface area contributed by atoms with E-state index in [9.17, 15) is 9.90 Å². The Bertz CT molecular complexity index is 183. The van der Waals surface area contributed by atoms with Crippen LogP contribution in [0, 0.1) is 0 Å². The van der Waals surface area contributed by atoms with Crippen LogP contribution in [-0.4, -0.2) is 5.97 Å². The fraction of sp³-hybridized carbons (Fsp3) is 0. The molecule has 0 aliphatic rings. The van der Waals surface area contributed by atoms with Crippen LogP contribution in [0.1, 0.15) is 9.67 Å². The van der Waals surface area contributed by atoms with E-state index >= 15 is 0 Å². The van der Waals surface area contributed by atoms with Gasteiger partial charge in [-0.15, -0.1) is 11.3 Å². The molecule has 1 radical (unpaired) electrons. The number of hydrogen-bond acceptors (Lipinski definition) is 3. The van der Waals surface area contributed by atoms with Gasteiger partial charge in [0.1, 0.15) is 0 Å². The zero-order valence-electron chi connectivity index (χ0n) is 4.26. The van der Waals surface area contributed by atoms with Gasteiger partial charge in [0, 0.05) is 21.9 Å². The first-order chi connectivity index (χ1) is 3.80. The predicted octanol–water partition coefficient (Wildman–Crippen LogP) is 0.109. The van der Waals surface area contributed by atoms with Crippen LogP contribution in [0.3, 0.4) is 0 Å². The molecule has 0 bridgehead atoms. The molecule has 0 N–H and O–H groups in total. The molecule has 0 fully saturated rings. The second-order valence-electron chi connectivity index (χ2n) is 1.26. The number of carboxylic acids is 1. The van der Waals surface area contributed by atoms with Gasteiger partial charge in [-0.25, -0.2) is 0 Å². The van der Waals surface area contributed by atoms with E-state index in [0.717, 1.165) is 0 Å². The van der Waals surface area contributed by atoms with Crippen molar-refractivity contribution in [2.45, 2.75) is 0 Å². The normalized spacial score (nSPS) is 8.00. The average Bonchev–Trinajstić information content (AvgIpc) is 2.12. The molecule has 4 heteroatoms. The van der Waals surface area contributed by atoms with Crippen molar-refractivity contribution in [1.29, 1.82) is 0 Å². The van der Waals surface area contributed by atoms with Crippen LogP contribution in [0.5, 0.6) is 0 Å². The summed E-state index contributed by atoms with van der Waals surface area (Å²) in [6.07, 6.45) is 0. The molecule has 0 saturated heterocycles. The van der Waals surface area contributed by atoms with E-state index in [1.807, 2.05) is 0 Å².